The number of aryl methyl sites for hydroxylation is 1. The molecule has 0 aliphatic carbocycles. The van der Waals surface area contributed by atoms with Crippen LogP contribution in [-0.2, 0) is 9.59 Å². The summed E-state index contributed by atoms with van der Waals surface area (Å²) in [6, 6.07) is 14.4. The van der Waals surface area contributed by atoms with Crippen LogP contribution in [0, 0.1) is 6.92 Å². The number of benzene rings is 2. The van der Waals surface area contributed by atoms with Crippen molar-refractivity contribution in [1.82, 2.24) is 0 Å². The van der Waals surface area contributed by atoms with E-state index in [0.717, 1.165) is 5.69 Å². The van der Waals surface area contributed by atoms with Crippen molar-refractivity contribution in [3.05, 3.63) is 82.3 Å². The van der Waals surface area contributed by atoms with Gasteiger partial charge >= 0.3 is 0 Å². The third kappa shape index (κ3) is 3.96. The van der Waals surface area contributed by atoms with Crippen LogP contribution in [0.25, 0.3) is 5.76 Å². The number of halogens is 1. The standard InChI is InChI=1S/C25H23ClN2O5/c1-14-5-12-20(33-14)22-21(23(29)18-13-17(32-4)10-11-19(18)26)24(30)25(31)28(22)16-8-6-15(7-9-16)27(2)3/h5-13,22,29H,1-4H3/b23-21+. The van der Waals surface area contributed by atoms with Crippen LogP contribution < -0.4 is 14.5 Å². The highest BCUT2D eigenvalue weighted by Gasteiger charge is 2.48. The van der Waals surface area contributed by atoms with E-state index in [1.165, 1.54) is 18.1 Å². The van der Waals surface area contributed by atoms with E-state index >= 15 is 0 Å². The zero-order valence-electron chi connectivity index (χ0n) is 18.6. The van der Waals surface area contributed by atoms with E-state index in [1.54, 1.807) is 43.3 Å². The molecule has 1 unspecified atom stereocenters. The smallest absolute Gasteiger partial charge is 0.300 e. The number of amides is 1. The van der Waals surface area contributed by atoms with E-state index in [0.29, 0.717) is 23.0 Å². The first-order chi connectivity index (χ1) is 15.7. The number of carbonyl (C=O) groups is 2. The maximum atomic E-state index is 13.2. The Labute approximate surface area is 196 Å². The molecule has 0 saturated carbocycles. The maximum absolute atomic E-state index is 13.2. The number of ether oxygens (including phenoxy) is 1. The monoisotopic (exact) mass is 466 g/mol. The molecule has 8 heteroatoms. The SMILES string of the molecule is COc1ccc(Cl)c(/C(O)=C2\C(=O)C(=O)N(c3ccc(N(C)C)cc3)C2c2ccc(C)o2)c1. The number of rotatable bonds is 5. The normalized spacial score (nSPS) is 17.5. The fourth-order valence-electron chi connectivity index (χ4n) is 3.84. The molecule has 1 fully saturated rings. The molecule has 0 radical (unpaired) electrons. The summed E-state index contributed by atoms with van der Waals surface area (Å²) in [4.78, 5) is 29.7. The van der Waals surface area contributed by atoms with Crippen molar-refractivity contribution in [2.45, 2.75) is 13.0 Å². The lowest BCUT2D eigenvalue weighted by Crippen LogP contribution is -2.29. The summed E-state index contributed by atoms with van der Waals surface area (Å²) in [5.41, 5.74) is 1.51. The number of aliphatic hydroxyl groups is 1. The summed E-state index contributed by atoms with van der Waals surface area (Å²) < 4.78 is 11.0. The number of anilines is 2. The van der Waals surface area contributed by atoms with Crippen LogP contribution in [0.5, 0.6) is 5.75 Å². The molecule has 3 aromatic rings. The first-order valence-electron chi connectivity index (χ1n) is 10.2. The Morgan fingerprint density at radius 3 is 2.36 bits per heavy atom. The quantitative estimate of drug-likeness (QED) is 0.325. The fourth-order valence-corrected chi connectivity index (χ4v) is 4.04. The van der Waals surface area contributed by atoms with Crippen LogP contribution in [0.4, 0.5) is 11.4 Å². The van der Waals surface area contributed by atoms with Crippen molar-refractivity contribution in [2.75, 3.05) is 31.0 Å². The summed E-state index contributed by atoms with van der Waals surface area (Å²) >= 11 is 6.32. The highest BCUT2D eigenvalue weighted by atomic mass is 35.5. The average Bonchev–Trinajstić information content (AvgIpc) is 3.34. The number of ketones is 1. The van der Waals surface area contributed by atoms with Gasteiger partial charge in [-0.05, 0) is 61.5 Å². The Bertz CT molecular complexity index is 1260. The van der Waals surface area contributed by atoms with Crippen molar-refractivity contribution in [2.24, 2.45) is 0 Å². The van der Waals surface area contributed by atoms with Gasteiger partial charge < -0.3 is 19.2 Å². The molecule has 2 aromatic carbocycles. The molecule has 2 heterocycles. The summed E-state index contributed by atoms with van der Waals surface area (Å²) in [5.74, 6) is -0.597. The molecule has 1 aliphatic rings. The summed E-state index contributed by atoms with van der Waals surface area (Å²) in [6.07, 6.45) is 0. The minimum atomic E-state index is -0.967. The van der Waals surface area contributed by atoms with Crippen LogP contribution in [0.2, 0.25) is 5.02 Å². The van der Waals surface area contributed by atoms with Gasteiger partial charge in [0.15, 0.2) is 0 Å². The molecular formula is C25H23ClN2O5. The van der Waals surface area contributed by atoms with E-state index in [4.69, 9.17) is 20.8 Å². The number of hydrogen-bond donors (Lipinski definition) is 1. The Morgan fingerprint density at radius 2 is 1.79 bits per heavy atom. The number of methoxy groups -OCH3 is 1. The zero-order valence-corrected chi connectivity index (χ0v) is 19.4. The lowest BCUT2D eigenvalue weighted by atomic mass is 9.99. The molecule has 1 N–H and O–H groups in total. The van der Waals surface area contributed by atoms with Crippen molar-refractivity contribution in [3.63, 3.8) is 0 Å². The number of hydrogen-bond acceptors (Lipinski definition) is 6. The van der Waals surface area contributed by atoms with E-state index in [-0.39, 0.29) is 16.2 Å². The Hall–Kier alpha value is -3.71. The molecule has 1 atom stereocenters. The van der Waals surface area contributed by atoms with Gasteiger partial charge in [-0.2, -0.15) is 0 Å². The van der Waals surface area contributed by atoms with Gasteiger partial charge in [0.05, 0.1) is 17.7 Å². The number of carbonyl (C=O) groups excluding carboxylic acids is 2. The third-order valence-electron chi connectivity index (χ3n) is 5.55. The number of nitrogens with zero attached hydrogens (tertiary/aromatic N) is 2. The van der Waals surface area contributed by atoms with Crippen LogP contribution in [0.1, 0.15) is 23.1 Å². The predicted octanol–water partition coefficient (Wildman–Crippen LogP) is 4.94. The van der Waals surface area contributed by atoms with Crippen molar-refractivity contribution in [1.29, 1.82) is 0 Å². The van der Waals surface area contributed by atoms with Gasteiger partial charge in [-0.3, -0.25) is 14.5 Å². The molecule has 1 amide bonds. The molecule has 0 bridgehead atoms. The second-order valence-electron chi connectivity index (χ2n) is 7.87. The minimum absolute atomic E-state index is 0.110. The Morgan fingerprint density at radius 1 is 1.09 bits per heavy atom. The fraction of sp³-hybridized carbons (Fsp3) is 0.200. The lowest BCUT2D eigenvalue weighted by Gasteiger charge is -2.24. The van der Waals surface area contributed by atoms with Gasteiger partial charge in [0, 0.05) is 31.0 Å². The third-order valence-corrected chi connectivity index (χ3v) is 5.88. The van der Waals surface area contributed by atoms with E-state index in [1.807, 2.05) is 31.1 Å². The lowest BCUT2D eigenvalue weighted by molar-refractivity contribution is -0.132. The molecule has 0 spiro atoms. The van der Waals surface area contributed by atoms with Crippen LogP contribution in [0.3, 0.4) is 0 Å². The Balaban J connectivity index is 1.92. The summed E-state index contributed by atoms with van der Waals surface area (Å²) in [5, 5.41) is 11.4. The number of furan rings is 1. The largest absolute Gasteiger partial charge is 0.507 e. The molecule has 4 rings (SSSR count). The van der Waals surface area contributed by atoms with Gasteiger partial charge in [-0.1, -0.05) is 11.6 Å². The van der Waals surface area contributed by atoms with E-state index in [9.17, 15) is 14.7 Å². The highest BCUT2D eigenvalue weighted by molar-refractivity contribution is 6.52. The number of Topliss-reactive ketones (excluding diaryl/α,β-unsaturated/α-hetero) is 1. The van der Waals surface area contributed by atoms with E-state index in [2.05, 4.69) is 0 Å². The van der Waals surface area contributed by atoms with Crippen molar-refractivity contribution >= 4 is 40.4 Å². The second-order valence-corrected chi connectivity index (χ2v) is 8.28. The van der Waals surface area contributed by atoms with Crippen molar-refractivity contribution in [3.8, 4) is 5.75 Å². The van der Waals surface area contributed by atoms with Gasteiger partial charge in [0.25, 0.3) is 11.7 Å². The average molecular weight is 467 g/mol. The molecule has 170 valence electrons. The molecule has 7 nitrogen and oxygen atoms in total. The van der Waals surface area contributed by atoms with Crippen LogP contribution in [-0.4, -0.2) is 38.0 Å². The molecule has 1 aliphatic heterocycles. The zero-order chi connectivity index (χ0) is 23.9. The van der Waals surface area contributed by atoms with E-state index < -0.39 is 23.5 Å². The molecule has 1 saturated heterocycles. The number of aliphatic hydroxyl groups excluding tert-OH is 1. The Kier molecular flexibility index (Phi) is 5.91. The second kappa shape index (κ2) is 8.67. The van der Waals surface area contributed by atoms with Crippen LogP contribution in [0.15, 0.2) is 64.6 Å². The first kappa shape index (κ1) is 22.5. The maximum Gasteiger partial charge on any atom is 0.300 e. The van der Waals surface area contributed by atoms with Crippen LogP contribution >= 0.6 is 11.6 Å². The summed E-state index contributed by atoms with van der Waals surface area (Å²) in [6.45, 7) is 1.76. The summed E-state index contributed by atoms with van der Waals surface area (Å²) in [7, 11) is 5.30. The molecule has 1 aromatic heterocycles. The van der Waals surface area contributed by atoms with Crippen molar-refractivity contribution < 1.29 is 23.8 Å². The topological polar surface area (TPSA) is 83.2 Å². The van der Waals surface area contributed by atoms with Gasteiger partial charge in [-0.25, -0.2) is 0 Å². The van der Waals surface area contributed by atoms with Gasteiger partial charge in [0.1, 0.15) is 29.1 Å². The minimum Gasteiger partial charge on any atom is -0.507 e. The van der Waals surface area contributed by atoms with Gasteiger partial charge in [0.2, 0.25) is 0 Å². The highest BCUT2D eigenvalue weighted by Crippen LogP contribution is 2.44. The van der Waals surface area contributed by atoms with Gasteiger partial charge in [-0.15, -0.1) is 0 Å². The molecular weight excluding hydrogens is 444 g/mol. The first-order valence-corrected chi connectivity index (χ1v) is 10.6. The predicted molar refractivity (Wildman–Crippen MR) is 127 cm³/mol. The molecule has 33 heavy (non-hydrogen) atoms.